The Morgan fingerprint density at radius 1 is 1.09 bits per heavy atom. The molecule has 172 valence electrons. The van der Waals surface area contributed by atoms with Crippen molar-refractivity contribution < 1.29 is 35.9 Å². The summed E-state index contributed by atoms with van der Waals surface area (Å²) in [5.41, 5.74) is 0.831. The smallest absolute Gasteiger partial charge is 0.416 e. The minimum atomic E-state index is -4.50. The summed E-state index contributed by atoms with van der Waals surface area (Å²) in [5.74, 6) is -1.84. The van der Waals surface area contributed by atoms with Gasteiger partial charge in [-0.15, -0.1) is 0 Å². The van der Waals surface area contributed by atoms with Gasteiger partial charge < -0.3 is 10.1 Å². The maximum atomic E-state index is 12.7. The van der Waals surface area contributed by atoms with E-state index in [2.05, 4.69) is 5.32 Å². The fourth-order valence-electron chi connectivity index (χ4n) is 3.33. The number of hydrogen-bond acceptors (Lipinski definition) is 5. The van der Waals surface area contributed by atoms with Crippen molar-refractivity contribution in [1.29, 1.82) is 0 Å². The van der Waals surface area contributed by atoms with Crippen LogP contribution in [0.15, 0.2) is 48.5 Å². The number of sulfonamides is 1. The molecule has 7 nitrogen and oxygen atoms in total. The van der Waals surface area contributed by atoms with E-state index in [1.807, 2.05) is 0 Å². The summed E-state index contributed by atoms with van der Waals surface area (Å²) in [6.07, 6.45) is -4.39. The molecule has 0 fully saturated rings. The fraction of sp³-hybridized carbons (Fsp3) is 0.333. The number of rotatable bonds is 6. The maximum Gasteiger partial charge on any atom is 0.416 e. The van der Waals surface area contributed by atoms with Crippen LogP contribution in [0.5, 0.6) is 0 Å². The van der Waals surface area contributed by atoms with Crippen LogP contribution in [0.1, 0.15) is 23.6 Å². The highest BCUT2D eigenvalue weighted by Gasteiger charge is 2.39. The lowest BCUT2D eigenvalue weighted by Gasteiger charge is -2.34. The Kier molecular flexibility index (Phi) is 6.89. The standard InChI is InChI=1S/C21H21F3N2O5S/c1-2-32(29,30)26-12-15-6-4-3-5-14(15)11-18(26)20(28)31-13-19(27)25-17-9-7-16(8-10-17)21(22,23)24/h3-10,18H,2,11-13H2,1H3,(H,25,27). The number of anilines is 1. The second-order valence-electron chi connectivity index (χ2n) is 7.17. The molecule has 11 heteroatoms. The number of fused-ring (bicyclic) bond motifs is 1. The number of nitrogens with one attached hydrogen (secondary N) is 1. The lowest BCUT2D eigenvalue weighted by molar-refractivity contribution is -0.151. The van der Waals surface area contributed by atoms with Crippen LogP contribution in [0.4, 0.5) is 18.9 Å². The van der Waals surface area contributed by atoms with Crippen molar-refractivity contribution in [2.75, 3.05) is 17.7 Å². The maximum absolute atomic E-state index is 12.7. The first-order valence-electron chi connectivity index (χ1n) is 9.71. The van der Waals surface area contributed by atoms with Gasteiger partial charge in [-0.1, -0.05) is 24.3 Å². The largest absolute Gasteiger partial charge is 0.454 e. The van der Waals surface area contributed by atoms with Gasteiger partial charge >= 0.3 is 12.1 Å². The van der Waals surface area contributed by atoms with Crippen molar-refractivity contribution in [3.05, 3.63) is 65.2 Å². The van der Waals surface area contributed by atoms with Gasteiger partial charge in [0, 0.05) is 18.7 Å². The molecule has 1 atom stereocenters. The number of halogens is 3. The molecule has 0 spiro atoms. The molecule has 1 heterocycles. The average Bonchev–Trinajstić information content (AvgIpc) is 2.76. The zero-order valence-electron chi connectivity index (χ0n) is 17.1. The van der Waals surface area contributed by atoms with Crippen LogP contribution in [-0.4, -0.2) is 43.0 Å². The molecule has 1 amide bonds. The number of nitrogens with zero attached hydrogens (tertiary/aromatic N) is 1. The Morgan fingerprint density at radius 2 is 1.72 bits per heavy atom. The molecule has 1 aliphatic heterocycles. The Balaban J connectivity index is 1.65. The first-order valence-corrected chi connectivity index (χ1v) is 11.3. The van der Waals surface area contributed by atoms with Gasteiger partial charge in [-0.3, -0.25) is 9.59 Å². The van der Waals surface area contributed by atoms with Gasteiger partial charge in [-0.05, 0) is 42.3 Å². The highest BCUT2D eigenvalue weighted by Crippen LogP contribution is 2.30. The van der Waals surface area contributed by atoms with E-state index in [0.717, 1.165) is 39.7 Å². The molecule has 0 saturated carbocycles. The molecule has 1 aliphatic rings. The minimum Gasteiger partial charge on any atom is -0.454 e. The molecule has 2 aromatic carbocycles. The van der Waals surface area contributed by atoms with Crippen LogP contribution in [0.25, 0.3) is 0 Å². The average molecular weight is 470 g/mol. The number of benzene rings is 2. The van der Waals surface area contributed by atoms with Gasteiger partial charge in [0.15, 0.2) is 6.61 Å². The molecule has 0 bridgehead atoms. The highest BCUT2D eigenvalue weighted by molar-refractivity contribution is 7.89. The number of hydrogen-bond donors (Lipinski definition) is 1. The van der Waals surface area contributed by atoms with Gasteiger partial charge in [0.1, 0.15) is 6.04 Å². The third kappa shape index (κ3) is 5.46. The second kappa shape index (κ2) is 9.29. The normalized spacial score (nSPS) is 16.8. The number of alkyl halides is 3. The van der Waals surface area contributed by atoms with Crippen LogP contribution in [-0.2, 0) is 43.5 Å². The van der Waals surface area contributed by atoms with E-state index in [-0.39, 0.29) is 24.4 Å². The van der Waals surface area contributed by atoms with Crippen molar-refractivity contribution >= 4 is 27.6 Å². The molecular formula is C21H21F3N2O5S. The summed E-state index contributed by atoms with van der Waals surface area (Å²) in [5, 5.41) is 2.33. The van der Waals surface area contributed by atoms with Crippen LogP contribution in [0.3, 0.4) is 0 Å². The zero-order chi connectivity index (χ0) is 23.5. The molecule has 0 aromatic heterocycles. The zero-order valence-corrected chi connectivity index (χ0v) is 17.9. The van der Waals surface area contributed by atoms with E-state index in [4.69, 9.17) is 4.74 Å². The summed E-state index contributed by atoms with van der Waals surface area (Å²) in [4.78, 5) is 24.7. The van der Waals surface area contributed by atoms with Gasteiger partial charge in [-0.2, -0.15) is 17.5 Å². The summed E-state index contributed by atoms with van der Waals surface area (Å²) in [6.45, 7) is 0.775. The molecule has 0 saturated heterocycles. The summed E-state index contributed by atoms with van der Waals surface area (Å²) < 4.78 is 69.0. The predicted molar refractivity (Wildman–Crippen MR) is 110 cm³/mol. The number of carbonyl (C=O) groups excluding carboxylic acids is 2. The Bertz CT molecular complexity index is 1100. The van der Waals surface area contributed by atoms with Crippen molar-refractivity contribution in [2.24, 2.45) is 0 Å². The van der Waals surface area contributed by atoms with Crippen molar-refractivity contribution in [3.63, 3.8) is 0 Å². The van der Waals surface area contributed by atoms with Crippen molar-refractivity contribution in [3.8, 4) is 0 Å². The molecule has 1 unspecified atom stereocenters. The highest BCUT2D eigenvalue weighted by atomic mass is 32.2. The lowest BCUT2D eigenvalue weighted by atomic mass is 9.96. The summed E-state index contributed by atoms with van der Waals surface area (Å²) >= 11 is 0. The van der Waals surface area contributed by atoms with Gasteiger partial charge in [0.05, 0.1) is 11.3 Å². The Morgan fingerprint density at radius 3 is 2.31 bits per heavy atom. The molecule has 2 aromatic rings. The third-order valence-corrected chi connectivity index (χ3v) is 6.87. The monoisotopic (exact) mass is 470 g/mol. The number of amides is 1. The molecule has 0 radical (unpaired) electrons. The number of ether oxygens (including phenoxy) is 1. The van der Waals surface area contributed by atoms with Crippen LogP contribution in [0, 0.1) is 0 Å². The van der Waals surface area contributed by atoms with Crippen molar-refractivity contribution in [1.82, 2.24) is 4.31 Å². The van der Waals surface area contributed by atoms with Crippen LogP contribution < -0.4 is 5.32 Å². The van der Waals surface area contributed by atoms with Crippen LogP contribution >= 0.6 is 0 Å². The van der Waals surface area contributed by atoms with E-state index < -0.39 is 46.3 Å². The van der Waals surface area contributed by atoms with E-state index in [9.17, 15) is 31.2 Å². The summed E-state index contributed by atoms with van der Waals surface area (Å²) in [6, 6.07) is 9.81. The van der Waals surface area contributed by atoms with Gasteiger partial charge in [0.25, 0.3) is 5.91 Å². The minimum absolute atomic E-state index is 0.0177. The first kappa shape index (κ1) is 23.7. The molecule has 3 rings (SSSR count). The first-order chi connectivity index (χ1) is 15.0. The van der Waals surface area contributed by atoms with E-state index >= 15 is 0 Å². The quantitative estimate of drug-likeness (QED) is 0.656. The second-order valence-corrected chi connectivity index (χ2v) is 9.38. The van der Waals surface area contributed by atoms with E-state index in [1.54, 1.807) is 24.3 Å². The number of esters is 1. The van der Waals surface area contributed by atoms with Crippen LogP contribution in [0.2, 0.25) is 0 Å². The van der Waals surface area contributed by atoms with E-state index in [0.29, 0.717) is 0 Å². The number of carbonyl (C=O) groups is 2. The molecule has 32 heavy (non-hydrogen) atoms. The molecular weight excluding hydrogens is 449 g/mol. The van der Waals surface area contributed by atoms with Gasteiger partial charge in [-0.25, -0.2) is 8.42 Å². The fourth-order valence-corrected chi connectivity index (χ4v) is 4.55. The Hall–Kier alpha value is -2.92. The molecule has 1 N–H and O–H groups in total. The topological polar surface area (TPSA) is 92.8 Å². The SMILES string of the molecule is CCS(=O)(=O)N1Cc2ccccc2CC1C(=O)OCC(=O)Nc1ccc(C(F)(F)F)cc1. The lowest BCUT2D eigenvalue weighted by Crippen LogP contribution is -2.50. The summed E-state index contributed by atoms with van der Waals surface area (Å²) in [7, 11) is -3.72. The third-order valence-electron chi connectivity index (χ3n) is 5.04. The van der Waals surface area contributed by atoms with E-state index in [1.165, 1.54) is 6.92 Å². The van der Waals surface area contributed by atoms with Gasteiger partial charge in [0.2, 0.25) is 10.0 Å². The predicted octanol–water partition coefficient (Wildman–Crippen LogP) is 2.96. The molecule has 0 aliphatic carbocycles. The van der Waals surface area contributed by atoms with Crippen molar-refractivity contribution in [2.45, 2.75) is 32.1 Å². The Labute approximate surface area is 183 Å².